The zero-order chi connectivity index (χ0) is 19.3. The summed E-state index contributed by atoms with van der Waals surface area (Å²) in [6, 6.07) is -0.766. The molecule has 3 fully saturated rings. The normalized spacial score (nSPS) is 34.6. The molecule has 1 heterocycles. The molecule has 1 saturated heterocycles. The minimum Gasteiger partial charge on any atom is -0.271 e. The van der Waals surface area contributed by atoms with E-state index in [9.17, 15) is 13.2 Å². The van der Waals surface area contributed by atoms with E-state index < -0.39 is 16.1 Å². The predicted molar refractivity (Wildman–Crippen MR) is 111 cm³/mol. The van der Waals surface area contributed by atoms with E-state index in [1.165, 1.54) is 27.8 Å². The Kier molecular flexibility index (Phi) is 5.52. The van der Waals surface area contributed by atoms with E-state index in [0.717, 1.165) is 30.1 Å². The number of rotatable bonds is 4. The maximum atomic E-state index is 13.4. The summed E-state index contributed by atoms with van der Waals surface area (Å²) in [6.07, 6.45) is 8.07. The van der Waals surface area contributed by atoms with Crippen molar-refractivity contribution in [2.75, 3.05) is 18.3 Å². The second-order valence-corrected chi connectivity index (χ2v) is 12.1. The van der Waals surface area contributed by atoms with Crippen LogP contribution in [0, 0.1) is 16.7 Å². The van der Waals surface area contributed by atoms with Gasteiger partial charge >= 0.3 is 0 Å². The lowest BCUT2D eigenvalue weighted by Crippen LogP contribution is -2.47. The lowest BCUT2D eigenvalue weighted by Gasteiger charge is -2.37. The first kappa shape index (κ1) is 20.5. The van der Waals surface area contributed by atoms with Crippen LogP contribution in [0.15, 0.2) is 4.99 Å². The summed E-state index contributed by atoms with van der Waals surface area (Å²) in [5.41, 5.74) is -0.290. The summed E-state index contributed by atoms with van der Waals surface area (Å²) >= 11 is 3.01. The Hall–Kier alpha value is -0.210. The number of sulfonamides is 1. The molecular weight excluding hydrogens is 388 g/mol. The molecule has 5 nitrogen and oxygen atoms in total. The molecule has 148 valence electrons. The lowest BCUT2D eigenvalue weighted by molar-refractivity contribution is -0.130. The number of amides is 1. The summed E-state index contributed by atoms with van der Waals surface area (Å²) in [5, 5.41) is 0. The molecule has 2 saturated carbocycles. The van der Waals surface area contributed by atoms with Gasteiger partial charge in [0.1, 0.15) is 10.4 Å². The Morgan fingerprint density at radius 3 is 2.50 bits per heavy atom. The Labute approximate surface area is 166 Å². The third-order valence-electron chi connectivity index (χ3n) is 7.09. The van der Waals surface area contributed by atoms with Gasteiger partial charge in [-0.3, -0.25) is 9.79 Å². The summed E-state index contributed by atoms with van der Waals surface area (Å²) in [4.78, 5) is 18.0. The van der Waals surface area contributed by atoms with E-state index in [-0.39, 0.29) is 28.5 Å². The van der Waals surface area contributed by atoms with Gasteiger partial charge < -0.3 is 0 Å². The maximum absolute atomic E-state index is 13.4. The maximum Gasteiger partial charge on any atom is 0.261 e. The Balaban J connectivity index is 1.97. The van der Waals surface area contributed by atoms with Crippen molar-refractivity contribution in [2.45, 2.75) is 65.0 Å². The van der Waals surface area contributed by atoms with Gasteiger partial charge in [-0.2, -0.15) is 0 Å². The largest absolute Gasteiger partial charge is 0.271 e. The number of hydrogen-bond donors (Lipinski definition) is 0. The van der Waals surface area contributed by atoms with Crippen molar-refractivity contribution < 1.29 is 13.2 Å². The van der Waals surface area contributed by atoms with Crippen molar-refractivity contribution in [3.05, 3.63) is 0 Å². The second-order valence-electron chi connectivity index (χ2n) is 8.36. The number of nitrogens with zero attached hydrogens (tertiary/aromatic N) is 2. The van der Waals surface area contributed by atoms with E-state index in [1.54, 1.807) is 0 Å². The SMILES string of the molecule is CCC[C@@H](N=C(SC)SC)C(=O)N1C2CC3CC[C@@]2(CS1(=O)=O)C3(C)C. The van der Waals surface area contributed by atoms with E-state index in [0.29, 0.717) is 12.3 Å². The van der Waals surface area contributed by atoms with E-state index in [2.05, 4.69) is 18.8 Å². The van der Waals surface area contributed by atoms with Gasteiger partial charge in [-0.25, -0.2) is 12.7 Å². The van der Waals surface area contributed by atoms with Crippen molar-refractivity contribution in [2.24, 2.45) is 21.7 Å². The minimum absolute atomic E-state index is 0.0208. The molecular formula is C18H30N2O3S3. The Morgan fingerprint density at radius 2 is 1.96 bits per heavy atom. The number of carbonyl (C=O) groups excluding carboxylic acids is 1. The highest BCUT2D eigenvalue weighted by Crippen LogP contribution is 2.70. The van der Waals surface area contributed by atoms with Gasteiger partial charge in [-0.15, -0.1) is 23.5 Å². The average molecular weight is 419 g/mol. The molecule has 1 aliphatic heterocycles. The number of thioether (sulfide) groups is 2. The highest BCUT2D eigenvalue weighted by Gasteiger charge is 2.72. The van der Waals surface area contributed by atoms with Crippen molar-refractivity contribution in [1.82, 2.24) is 4.31 Å². The van der Waals surface area contributed by atoms with Crippen LogP contribution < -0.4 is 0 Å². The molecule has 1 spiro atoms. The third-order valence-corrected chi connectivity index (χ3v) is 10.9. The molecule has 4 atom stereocenters. The fourth-order valence-electron chi connectivity index (χ4n) is 5.56. The average Bonchev–Trinajstić information content (AvgIpc) is 3.05. The van der Waals surface area contributed by atoms with Crippen LogP contribution in [0.2, 0.25) is 0 Å². The number of fused-ring (bicyclic) bond motifs is 1. The molecule has 8 heteroatoms. The zero-order valence-corrected chi connectivity index (χ0v) is 18.8. The second kappa shape index (κ2) is 6.99. The van der Waals surface area contributed by atoms with E-state index >= 15 is 0 Å². The summed E-state index contributed by atoms with van der Waals surface area (Å²) in [5.74, 6) is 0.331. The molecule has 0 N–H and O–H groups in total. The first-order valence-electron chi connectivity index (χ1n) is 9.36. The van der Waals surface area contributed by atoms with Crippen LogP contribution in [0.3, 0.4) is 0 Å². The van der Waals surface area contributed by atoms with Crippen LogP contribution in [0.1, 0.15) is 52.9 Å². The number of carbonyl (C=O) groups is 1. The van der Waals surface area contributed by atoms with Gasteiger partial charge in [-0.05, 0) is 49.5 Å². The van der Waals surface area contributed by atoms with E-state index in [1.807, 2.05) is 19.4 Å². The molecule has 3 rings (SSSR count). The first-order chi connectivity index (χ1) is 12.1. The Morgan fingerprint density at radius 1 is 1.31 bits per heavy atom. The van der Waals surface area contributed by atoms with Crippen LogP contribution in [0.4, 0.5) is 0 Å². The molecule has 26 heavy (non-hydrogen) atoms. The third kappa shape index (κ3) is 2.85. The van der Waals surface area contributed by atoms with Crippen molar-refractivity contribution in [3.8, 4) is 0 Å². The van der Waals surface area contributed by atoms with Crippen LogP contribution in [0.25, 0.3) is 0 Å². The fourth-order valence-corrected chi connectivity index (χ4v) is 9.26. The van der Waals surface area contributed by atoms with Gasteiger partial charge in [0.2, 0.25) is 10.0 Å². The minimum atomic E-state index is -3.57. The lowest BCUT2D eigenvalue weighted by atomic mass is 9.69. The van der Waals surface area contributed by atoms with Crippen LogP contribution in [-0.2, 0) is 14.8 Å². The van der Waals surface area contributed by atoms with Crippen molar-refractivity contribution in [3.63, 3.8) is 0 Å². The van der Waals surface area contributed by atoms with Gasteiger partial charge in [0, 0.05) is 5.41 Å². The monoisotopic (exact) mass is 418 g/mol. The summed E-state index contributed by atoms with van der Waals surface area (Å²) in [7, 11) is -3.57. The molecule has 0 radical (unpaired) electrons. The molecule has 3 aliphatic rings. The number of hydrogen-bond acceptors (Lipinski definition) is 6. The summed E-state index contributed by atoms with van der Waals surface area (Å²) < 4.78 is 28.2. The highest BCUT2D eigenvalue weighted by molar-refractivity contribution is 8.38. The predicted octanol–water partition coefficient (Wildman–Crippen LogP) is 3.60. The zero-order valence-electron chi connectivity index (χ0n) is 16.3. The van der Waals surface area contributed by atoms with Crippen LogP contribution >= 0.6 is 23.5 Å². The quantitative estimate of drug-likeness (QED) is 0.515. The first-order valence-corrected chi connectivity index (χ1v) is 13.4. The van der Waals surface area contributed by atoms with Crippen molar-refractivity contribution >= 4 is 43.8 Å². The standard InChI is InChI=1S/C18H30N2O3S3/c1-6-7-13(19-16(24-4)25-5)15(21)20-14-10-12-8-9-18(14,17(12,2)3)11-26(20,22)23/h12-14H,6-11H2,1-5H3/t12?,13-,14?,18+/m1/s1. The molecule has 0 aromatic carbocycles. The van der Waals surface area contributed by atoms with Gasteiger partial charge in [0.15, 0.2) is 0 Å². The molecule has 0 aromatic heterocycles. The highest BCUT2D eigenvalue weighted by atomic mass is 32.2. The molecule has 0 aromatic rings. The molecule has 2 aliphatic carbocycles. The fraction of sp³-hybridized carbons (Fsp3) is 0.889. The van der Waals surface area contributed by atoms with Gasteiger partial charge in [0.05, 0.1) is 11.8 Å². The molecule has 2 bridgehead atoms. The van der Waals surface area contributed by atoms with Gasteiger partial charge in [0.25, 0.3) is 5.91 Å². The summed E-state index contributed by atoms with van der Waals surface area (Å²) in [6.45, 7) is 6.42. The van der Waals surface area contributed by atoms with Gasteiger partial charge in [-0.1, -0.05) is 27.2 Å². The Bertz CT molecular complexity index is 713. The molecule has 2 unspecified atom stereocenters. The number of aliphatic imine (C=N–C) groups is 1. The van der Waals surface area contributed by atoms with Crippen LogP contribution in [0.5, 0.6) is 0 Å². The molecule has 1 amide bonds. The van der Waals surface area contributed by atoms with E-state index in [4.69, 9.17) is 0 Å². The topological polar surface area (TPSA) is 66.8 Å². The smallest absolute Gasteiger partial charge is 0.261 e. The van der Waals surface area contributed by atoms with Crippen molar-refractivity contribution in [1.29, 1.82) is 0 Å². The van der Waals surface area contributed by atoms with Crippen LogP contribution in [-0.4, -0.2) is 53.4 Å².